The molecule has 2 aromatic rings. The summed E-state index contributed by atoms with van der Waals surface area (Å²) in [5.74, 6) is 1.78. The Morgan fingerprint density at radius 2 is 1.66 bits per heavy atom. The summed E-state index contributed by atoms with van der Waals surface area (Å²) in [5, 5.41) is 0. The van der Waals surface area contributed by atoms with E-state index in [0.717, 1.165) is 55.8 Å². The Labute approximate surface area is 173 Å². The molecule has 1 amide bonds. The molecule has 0 aliphatic carbocycles. The molecule has 0 radical (unpaired) electrons. The Balaban J connectivity index is 1.57. The maximum atomic E-state index is 13.7. The molecule has 2 aliphatic heterocycles. The SMILES string of the molecule is COc1cccc(CN2CCCC23CCCN(Cc2ccccc2)C3=O)c1OC. The van der Waals surface area contributed by atoms with Gasteiger partial charge in [0.2, 0.25) is 5.91 Å². The number of ether oxygens (including phenoxy) is 2. The Bertz CT molecular complexity index is 854. The van der Waals surface area contributed by atoms with Gasteiger partial charge in [-0.3, -0.25) is 9.69 Å². The first kappa shape index (κ1) is 19.8. The van der Waals surface area contributed by atoms with E-state index < -0.39 is 0 Å². The molecule has 4 rings (SSSR count). The van der Waals surface area contributed by atoms with Crippen molar-refractivity contribution in [3.05, 3.63) is 59.7 Å². The number of carbonyl (C=O) groups excluding carboxylic acids is 1. The highest BCUT2D eigenvalue weighted by Gasteiger charge is 2.50. The number of likely N-dealkylation sites (tertiary alicyclic amines) is 2. The molecule has 2 heterocycles. The standard InChI is InChI=1S/C24H30N2O3/c1-28-21-12-6-11-20(22(21)29-2)18-26-16-8-14-24(26)13-7-15-25(23(24)27)17-19-9-4-3-5-10-19/h3-6,9-12H,7-8,13-18H2,1-2H3. The van der Waals surface area contributed by atoms with Crippen LogP contribution in [0.1, 0.15) is 36.8 Å². The summed E-state index contributed by atoms with van der Waals surface area (Å²) in [6.45, 7) is 3.17. The van der Waals surface area contributed by atoms with Crippen LogP contribution in [0.4, 0.5) is 0 Å². The number of benzene rings is 2. The van der Waals surface area contributed by atoms with Crippen LogP contribution in [0, 0.1) is 0 Å². The molecule has 1 unspecified atom stereocenters. The van der Waals surface area contributed by atoms with Crippen molar-refractivity contribution in [2.45, 2.75) is 44.3 Å². The number of piperidine rings is 1. The van der Waals surface area contributed by atoms with Gasteiger partial charge in [0.15, 0.2) is 11.5 Å². The van der Waals surface area contributed by atoms with Crippen LogP contribution in [-0.2, 0) is 17.9 Å². The van der Waals surface area contributed by atoms with E-state index in [2.05, 4.69) is 28.0 Å². The van der Waals surface area contributed by atoms with Crippen LogP contribution in [0.25, 0.3) is 0 Å². The molecule has 0 aromatic heterocycles. The normalized spacial score (nSPS) is 22.3. The molecule has 1 atom stereocenters. The van der Waals surface area contributed by atoms with E-state index in [-0.39, 0.29) is 11.4 Å². The van der Waals surface area contributed by atoms with Gasteiger partial charge in [0.25, 0.3) is 0 Å². The van der Waals surface area contributed by atoms with Gasteiger partial charge >= 0.3 is 0 Å². The zero-order valence-corrected chi connectivity index (χ0v) is 17.4. The lowest BCUT2D eigenvalue weighted by Gasteiger charge is -2.45. The molecule has 2 saturated heterocycles. The van der Waals surface area contributed by atoms with E-state index in [9.17, 15) is 4.79 Å². The molecule has 2 fully saturated rings. The van der Waals surface area contributed by atoms with Crippen molar-refractivity contribution in [1.29, 1.82) is 0 Å². The van der Waals surface area contributed by atoms with E-state index in [1.165, 1.54) is 5.56 Å². The summed E-state index contributed by atoms with van der Waals surface area (Å²) in [4.78, 5) is 18.1. The molecular weight excluding hydrogens is 364 g/mol. The Kier molecular flexibility index (Phi) is 5.76. The quantitative estimate of drug-likeness (QED) is 0.746. The second-order valence-corrected chi connectivity index (χ2v) is 8.03. The molecule has 2 aliphatic rings. The third-order valence-electron chi connectivity index (χ3n) is 6.39. The summed E-state index contributed by atoms with van der Waals surface area (Å²) >= 11 is 0. The van der Waals surface area contributed by atoms with Crippen molar-refractivity contribution in [2.24, 2.45) is 0 Å². The van der Waals surface area contributed by atoms with E-state index >= 15 is 0 Å². The first-order valence-corrected chi connectivity index (χ1v) is 10.5. The van der Waals surface area contributed by atoms with Crippen molar-refractivity contribution in [3.8, 4) is 11.5 Å². The Hall–Kier alpha value is -2.53. The number of hydrogen-bond acceptors (Lipinski definition) is 4. The van der Waals surface area contributed by atoms with Crippen molar-refractivity contribution in [1.82, 2.24) is 9.80 Å². The monoisotopic (exact) mass is 394 g/mol. The zero-order valence-electron chi connectivity index (χ0n) is 17.4. The molecule has 5 nitrogen and oxygen atoms in total. The minimum absolute atomic E-state index is 0.284. The van der Waals surface area contributed by atoms with Crippen LogP contribution in [0.2, 0.25) is 0 Å². The maximum Gasteiger partial charge on any atom is 0.243 e. The van der Waals surface area contributed by atoms with E-state index in [4.69, 9.17) is 9.47 Å². The maximum absolute atomic E-state index is 13.7. The summed E-state index contributed by atoms with van der Waals surface area (Å²) in [5.41, 5.74) is 1.87. The highest BCUT2D eigenvalue weighted by atomic mass is 16.5. The van der Waals surface area contributed by atoms with Gasteiger partial charge in [-0.2, -0.15) is 0 Å². The first-order valence-electron chi connectivity index (χ1n) is 10.5. The van der Waals surface area contributed by atoms with Crippen molar-refractivity contribution in [3.63, 3.8) is 0 Å². The Morgan fingerprint density at radius 1 is 0.897 bits per heavy atom. The highest BCUT2D eigenvalue weighted by molar-refractivity contribution is 5.87. The minimum atomic E-state index is -0.388. The average molecular weight is 395 g/mol. The molecule has 0 bridgehead atoms. The number of amides is 1. The topological polar surface area (TPSA) is 42.0 Å². The lowest BCUT2D eigenvalue weighted by Crippen LogP contribution is -2.59. The van der Waals surface area contributed by atoms with E-state index in [1.807, 2.05) is 30.3 Å². The zero-order chi connectivity index (χ0) is 20.3. The number of nitrogens with zero attached hydrogens (tertiary/aromatic N) is 2. The number of rotatable bonds is 6. The van der Waals surface area contributed by atoms with Gasteiger partial charge in [0.05, 0.1) is 14.2 Å². The van der Waals surface area contributed by atoms with Crippen LogP contribution < -0.4 is 9.47 Å². The molecule has 0 saturated carbocycles. The van der Waals surface area contributed by atoms with Crippen molar-refractivity contribution < 1.29 is 14.3 Å². The van der Waals surface area contributed by atoms with Gasteiger partial charge in [-0.05, 0) is 43.9 Å². The van der Waals surface area contributed by atoms with Gasteiger partial charge in [0, 0.05) is 25.2 Å². The number of hydrogen-bond donors (Lipinski definition) is 0. The second-order valence-electron chi connectivity index (χ2n) is 8.03. The predicted octanol–water partition coefficient (Wildman–Crippen LogP) is 3.86. The molecule has 0 N–H and O–H groups in total. The average Bonchev–Trinajstić information content (AvgIpc) is 3.15. The molecule has 154 valence electrons. The molecule has 29 heavy (non-hydrogen) atoms. The molecule has 2 aromatic carbocycles. The largest absolute Gasteiger partial charge is 0.493 e. The lowest BCUT2D eigenvalue weighted by atomic mass is 9.85. The number of para-hydroxylation sites is 1. The molecular formula is C24H30N2O3. The highest BCUT2D eigenvalue weighted by Crippen LogP contribution is 2.41. The van der Waals surface area contributed by atoms with Crippen molar-refractivity contribution >= 4 is 5.91 Å². The van der Waals surface area contributed by atoms with Gasteiger partial charge in [-0.15, -0.1) is 0 Å². The van der Waals surface area contributed by atoms with E-state index in [0.29, 0.717) is 13.1 Å². The third-order valence-corrected chi connectivity index (χ3v) is 6.39. The predicted molar refractivity (Wildman–Crippen MR) is 113 cm³/mol. The number of methoxy groups -OCH3 is 2. The fourth-order valence-electron chi connectivity index (χ4n) is 4.99. The summed E-state index contributed by atoms with van der Waals surface area (Å²) in [6.07, 6.45) is 3.97. The third kappa shape index (κ3) is 3.71. The number of carbonyl (C=O) groups is 1. The fourth-order valence-corrected chi connectivity index (χ4v) is 4.99. The van der Waals surface area contributed by atoms with Gasteiger partial charge in [-0.25, -0.2) is 0 Å². The lowest BCUT2D eigenvalue weighted by molar-refractivity contribution is -0.148. The van der Waals surface area contributed by atoms with E-state index in [1.54, 1.807) is 14.2 Å². The fraction of sp³-hybridized carbons (Fsp3) is 0.458. The van der Waals surface area contributed by atoms with Crippen LogP contribution in [0.15, 0.2) is 48.5 Å². The van der Waals surface area contributed by atoms with Crippen LogP contribution in [0.3, 0.4) is 0 Å². The summed E-state index contributed by atoms with van der Waals surface area (Å²) in [6, 6.07) is 16.3. The van der Waals surface area contributed by atoms with Gasteiger partial charge < -0.3 is 14.4 Å². The molecule has 5 heteroatoms. The minimum Gasteiger partial charge on any atom is -0.493 e. The smallest absolute Gasteiger partial charge is 0.243 e. The van der Waals surface area contributed by atoms with Crippen LogP contribution in [0.5, 0.6) is 11.5 Å². The Morgan fingerprint density at radius 3 is 2.38 bits per heavy atom. The summed E-state index contributed by atoms with van der Waals surface area (Å²) < 4.78 is 11.1. The molecule has 1 spiro atoms. The van der Waals surface area contributed by atoms with Gasteiger partial charge in [0.1, 0.15) is 5.54 Å². The van der Waals surface area contributed by atoms with Gasteiger partial charge in [-0.1, -0.05) is 42.5 Å². The van der Waals surface area contributed by atoms with Crippen LogP contribution in [-0.4, -0.2) is 48.6 Å². The van der Waals surface area contributed by atoms with Crippen molar-refractivity contribution in [2.75, 3.05) is 27.3 Å². The van der Waals surface area contributed by atoms with Crippen LogP contribution >= 0.6 is 0 Å². The second kappa shape index (κ2) is 8.46. The summed E-state index contributed by atoms with van der Waals surface area (Å²) in [7, 11) is 3.33. The first-order chi connectivity index (χ1) is 14.2.